The first-order chi connectivity index (χ1) is 8.84. The summed E-state index contributed by atoms with van der Waals surface area (Å²) in [7, 11) is 1.24. The number of rotatable bonds is 4. The van der Waals surface area contributed by atoms with Gasteiger partial charge in [0.2, 0.25) is 0 Å². The van der Waals surface area contributed by atoms with E-state index in [0.717, 1.165) is 0 Å². The lowest BCUT2D eigenvalue weighted by molar-refractivity contribution is -0.153. The molecule has 104 valence electrons. The van der Waals surface area contributed by atoms with Gasteiger partial charge in [0.25, 0.3) is 3.79 Å². The number of carbonyl (C=O) groups excluding carboxylic acids is 2. The molecule has 0 heterocycles. The third-order valence-electron chi connectivity index (χ3n) is 2.23. The Bertz CT molecular complexity index is 442. The highest BCUT2D eigenvalue weighted by atomic mass is 35.6. The van der Waals surface area contributed by atoms with Crippen LogP contribution in [0.1, 0.15) is 18.1 Å². The lowest BCUT2D eigenvalue weighted by Crippen LogP contribution is -2.25. The van der Waals surface area contributed by atoms with Crippen molar-refractivity contribution in [3.05, 3.63) is 35.9 Å². The van der Waals surface area contributed by atoms with Crippen LogP contribution in [0.15, 0.2) is 30.3 Å². The minimum atomic E-state index is -2.19. The number of esters is 2. The van der Waals surface area contributed by atoms with Crippen molar-refractivity contribution in [2.75, 3.05) is 7.11 Å². The Morgan fingerprint density at radius 2 is 1.79 bits per heavy atom. The first-order valence-corrected chi connectivity index (χ1v) is 6.37. The molecule has 0 fully saturated rings. The number of hydrogen-bond donors (Lipinski definition) is 0. The first kappa shape index (κ1) is 16.1. The Balaban J connectivity index is 2.88. The van der Waals surface area contributed by atoms with Crippen LogP contribution >= 0.6 is 34.8 Å². The fourth-order valence-corrected chi connectivity index (χ4v) is 1.46. The van der Waals surface area contributed by atoms with Gasteiger partial charge in [-0.05, 0) is 5.56 Å². The predicted octanol–water partition coefficient (Wildman–Crippen LogP) is 3.20. The molecule has 1 unspecified atom stereocenters. The van der Waals surface area contributed by atoms with Crippen molar-refractivity contribution in [1.82, 2.24) is 0 Å². The van der Waals surface area contributed by atoms with Gasteiger partial charge < -0.3 is 9.47 Å². The quantitative estimate of drug-likeness (QED) is 0.630. The van der Waals surface area contributed by atoms with Gasteiger partial charge >= 0.3 is 11.9 Å². The molecule has 0 aliphatic rings. The normalized spacial score (nSPS) is 12.6. The maximum Gasteiger partial charge on any atom is 0.359 e. The van der Waals surface area contributed by atoms with E-state index >= 15 is 0 Å². The zero-order chi connectivity index (χ0) is 14.5. The Kier molecular flexibility index (Phi) is 5.91. The van der Waals surface area contributed by atoms with E-state index in [1.807, 2.05) is 0 Å². The Morgan fingerprint density at radius 1 is 1.21 bits per heavy atom. The zero-order valence-corrected chi connectivity index (χ0v) is 12.2. The maximum atomic E-state index is 11.5. The lowest BCUT2D eigenvalue weighted by Gasteiger charge is -2.19. The van der Waals surface area contributed by atoms with Crippen molar-refractivity contribution in [2.24, 2.45) is 0 Å². The Morgan fingerprint density at radius 3 is 2.26 bits per heavy atom. The molecule has 0 aromatic heterocycles. The van der Waals surface area contributed by atoms with Crippen molar-refractivity contribution in [2.45, 2.75) is 16.3 Å². The molecular formula is C12H11Cl3O4. The van der Waals surface area contributed by atoms with Crippen LogP contribution in [0.5, 0.6) is 0 Å². The smallest absolute Gasteiger partial charge is 0.359 e. The van der Waals surface area contributed by atoms with Gasteiger partial charge in [-0.15, -0.1) is 0 Å². The minimum absolute atomic E-state index is 0.160. The lowest BCUT2D eigenvalue weighted by atomic mass is 10.1. The highest BCUT2D eigenvalue weighted by molar-refractivity contribution is 6.75. The van der Waals surface area contributed by atoms with Gasteiger partial charge in [-0.3, -0.25) is 4.79 Å². The van der Waals surface area contributed by atoms with Gasteiger partial charge in [-0.1, -0.05) is 65.1 Å². The molecule has 1 aromatic rings. The number of carbonyl (C=O) groups is 2. The summed E-state index contributed by atoms with van der Waals surface area (Å²) < 4.78 is 7.39. The maximum absolute atomic E-state index is 11.5. The first-order valence-electron chi connectivity index (χ1n) is 5.24. The fraction of sp³-hybridized carbons (Fsp3) is 0.333. The summed E-state index contributed by atoms with van der Waals surface area (Å²) in [6.45, 7) is 0. The minimum Gasteiger partial charge on any atom is -0.469 e. The van der Waals surface area contributed by atoms with Crippen molar-refractivity contribution in [3.63, 3.8) is 0 Å². The van der Waals surface area contributed by atoms with Gasteiger partial charge in [0, 0.05) is 0 Å². The van der Waals surface area contributed by atoms with Gasteiger partial charge in [-0.2, -0.15) is 0 Å². The van der Waals surface area contributed by atoms with Gasteiger partial charge in [0.1, 0.15) is 6.10 Å². The molecule has 1 atom stereocenters. The third kappa shape index (κ3) is 5.27. The van der Waals surface area contributed by atoms with Crippen LogP contribution < -0.4 is 0 Å². The molecule has 0 spiro atoms. The number of ether oxygens (including phenoxy) is 2. The average Bonchev–Trinajstić information content (AvgIpc) is 2.37. The topological polar surface area (TPSA) is 52.6 Å². The van der Waals surface area contributed by atoms with Crippen LogP contribution in [-0.4, -0.2) is 22.8 Å². The molecule has 19 heavy (non-hydrogen) atoms. The standard InChI is InChI=1S/C12H11Cl3O4/c1-18-10(16)7-9(8-5-3-2-4-6-8)19-11(17)12(13,14)15/h2-6,9H,7H2,1H3. The third-order valence-corrected chi connectivity index (χ3v) is 2.69. The Labute approximate surface area is 125 Å². The van der Waals surface area contributed by atoms with Gasteiger partial charge in [-0.25, -0.2) is 4.79 Å². The van der Waals surface area contributed by atoms with Gasteiger partial charge in [0.15, 0.2) is 0 Å². The van der Waals surface area contributed by atoms with E-state index in [0.29, 0.717) is 5.56 Å². The molecular weight excluding hydrogens is 314 g/mol. The molecule has 1 rings (SSSR count). The second-order valence-electron chi connectivity index (χ2n) is 3.58. The summed E-state index contributed by atoms with van der Waals surface area (Å²) in [6.07, 6.45) is -1.02. The van der Waals surface area contributed by atoms with Crippen molar-refractivity contribution in [1.29, 1.82) is 0 Å². The SMILES string of the molecule is COC(=O)CC(OC(=O)C(Cl)(Cl)Cl)c1ccccc1. The van der Waals surface area contributed by atoms with Crippen LogP contribution in [0, 0.1) is 0 Å². The van der Waals surface area contributed by atoms with Crippen LogP contribution in [0.4, 0.5) is 0 Å². The summed E-state index contributed by atoms with van der Waals surface area (Å²) >= 11 is 16.3. The predicted molar refractivity (Wildman–Crippen MR) is 72.2 cm³/mol. The molecule has 0 saturated heterocycles. The largest absolute Gasteiger partial charge is 0.469 e. The summed E-state index contributed by atoms with van der Waals surface area (Å²) in [6, 6.07) is 8.65. The molecule has 0 amide bonds. The van der Waals surface area contributed by atoms with Crippen LogP contribution in [0.3, 0.4) is 0 Å². The second kappa shape index (κ2) is 6.98. The number of hydrogen-bond acceptors (Lipinski definition) is 4. The molecule has 1 aromatic carbocycles. The molecule has 0 bridgehead atoms. The molecule has 0 aliphatic heterocycles. The van der Waals surface area contributed by atoms with Crippen molar-refractivity contribution in [3.8, 4) is 0 Å². The molecule has 0 aliphatic carbocycles. The fourth-order valence-electron chi connectivity index (χ4n) is 1.33. The number of halogens is 3. The summed E-state index contributed by atoms with van der Waals surface area (Å²) in [5.74, 6) is -1.58. The summed E-state index contributed by atoms with van der Waals surface area (Å²) in [4.78, 5) is 22.9. The van der Waals surface area contributed by atoms with Crippen molar-refractivity contribution < 1.29 is 19.1 Å². The van der Waals surface area contributed by atoms with E-state index in [4.69, 9.17) is 39.5 Å². The Hall–Kier alpha value is -0.970. The summed E-state index contributed by atoms with van der Waals surface area (Å²) in [5.41, 5.74) is 0.607. The molecule has 0 radical (unpaired) electrons. The van der Waals surface area contributed by atoms with Crippen LogP contribution in [-0.2, 0) is 19.1 Å². The van der Waals surface area contributed by atoms with E-state index in [-0.39, 0.29) is 6.42 Å². The van der Waals surface area contributed by atoms with Crippen LogP contribution in [0.2, 0.25) is 0 Å². The van der Waals surface area contributed by atoms with E-state index in [1.165, 1.54) is 7.11 Å². The van der Waals surface area contributed by atoms with E-state index < -0.39 is 21.8 Å². The molecule has 7 heteroatoms. The van der Waals surface area contributed by atoms with Crippen LogP contribution in [0.25, 0.3) is 0 Å². The van der Waals surface area contributed by atoms with E-state index in [2.05, 4.69) is 4.74 Å². The van der Waals surface area contributed by atoms with E-state index in [9.17, 15) is 9.59 Å². The second-order valence-corrected chi connectivity index (χ2v) is 5.86. The van der Waals surface area contributed by atoms with E-state index in [1.54, 1.807) is 30.3 Å². The van der Waals surface area contributed by atoms with Gasteiger partial charge in [0.05, 0.1) is 13.5 Å². The zero-order valence-electron chi connectivity index (χ0n) is 9.94. The highest BCUT2D eigenvalue weighted by Gasteiger charge is 2.35. The monoisotopic (exact) mass is 324 g/mol. The molecule has 0 saturated carbocycles. The van der Waals surface area contributed by atoms with Crippen molar-refractivity contribution >= 4 is 46.7 Å². The number of alkyl halides is 3. The molecule has 0 N–H and O–H groups in total. The number of methoxy groups -OCH3 is 1. The average molecular weight is 326 g/mol. The number of benzene rings is 1. The summed E-state index contributed by atoms with van der Waals surface area (Å²) in [5, 5.41) is 0. The highest BCUT2D eigenvalue weighted by Crippen LogP contribution is 2.31. The molecule has 4 nitrogen and oxygen atoms in total.